The third kappa shape index (κ3) is 7.51. The Morgan fingerprint density at radius 3 is 1.80 bits per heavy atom. The van der Waals surface area contributed by atoms with Crippen molar-refractivity contribution in [2.45, 2.75) is 51.2 Å². The summed E-state index contributed by atoms with van der Waals surface area (Å²) in [4.78, 5) is 9.24. The summed E-state index contributed by atoms with van der Waals surface area (Å²) >= 11 is 0. The van der Waals surface area contributed by atoms with Gasteiger partial charge >= 0.3 is 0 Å². The molecular weight excluding hydrogens is 681 g/mol. The molecule has 1 radical (unpaired) electrons. The molecule has 6 rings (SSSR count). The number of aromatic nitrogens is 2. The molecule has 0 bridgehead atoms. The number of pyridine rings is 2. The predicted octanol–water partition coefficient (Wildman–Crippen LogP) is 8.96. The Labute approximate surface area is 254 Å². The molecule has 0 atom stereocenters. The van der Waals surface area contributed by atoms with Gasteiger partial charge in [0.2, 0.25) is 0 Å². The number of hydrogen-bond acceptors (Lipinski definition) is 2. The fourth-order valence-electron chi connectivity index (χ4n) is 5.28. The zero-order valence-corrected chi connectivity index (χ0v) is 26.9. The van der Waals surface area contributed by atoms with E-state index in [4.69, 9.17) is 4.98 Å². The molecule has 2 heterocycles. The fourth-order valence-corrected chi connectivity index (χ4v) is 6.87. The first-order chi connectivity index (χ1) is 19.0. The topological polar surface area (TPSA) is 25.8 Å². The van der Waals surface area contributed by atoms with Crippen LogP contribution >= 0.6 is 0 Å². The molecule has 205 valence electrons. The van der Waals surface area contributed by atoms with Gasteiger partial charge in [-0.25, -0.2) is 0 Å². The molecule has 0 saturated heterocycles. The van der Waals surface area contributed by atoms with Gasteiger partial charge < -0.3 is 9.97 Å². The Kier molecular flexibility index (Phi) is 10.4. The third-order valence-corrected chi connectivity index (χ3v) is 9.41. The standard InChI is InChI=1S/C19H24NSi.C17H12N.Ir/c1-21(2,3)19-14-20-18(16-11-5-4-6-12-16)13-17(19)15-9-7-8-10-15;1-3-7-14(8-4-1)16-11-12-17(18-13-16)15-9-5-2-6-10-15;/h4-6,11,13-15H,7-10H2,1-3H3;1-9,11-13H;/q2*-1;. The first kappa shape index (κ1) is 29.8. The molecule has 40 heavy (non-hydrogen) atoms. The summed E-state index contributed by atoms with van der Waals surface area (Å²) in [7, 11) is -1.34. The second kappa shape index (κ2) is 13.9. The smallest absolute Gasteiger partial charge is 0.0799 e. The van der Waals surface area contributed by atoms with Crippen LogP contribution in [0.25, 0.3) is 33.6 Å². The molecule has 4 heteroatoms. The van der Waals surface area contributed by atoms with Gasteiger partial charge in [-0.1, -0.05) is 86.6 Å². The van der Waals surface area contributed by atoms with Crippen LogP contribution < -0.4 is 5.19 Å². The molecule has 0 N–H and O–H groups in total. The Bertz CT molecular complexity index is 1400. The summed E-state index contributed by atoms with van der Waals surface area (Å²) < 4.78 is 0. The van der Waals surface area contributed by atoms with Crippen LogP contribution in [0.4, 0.5) is 0 Å². The van der Waals surface area contributed by atoms with Gasteiger partial charge in [0.15, 0.2) is 0 Å². The minimum Gasteiger partial charge on any atom is -0.305 e. The maximum atomic E-state index is 4.75. The molecular formula is C36H36IrN2Si-2. The molecule has 0 unspecified atom stereocenters. The Morgan fingerprint density at radius 2 is 1.25 bits per heavy atom. The fraction of sp³-hybridized carbons (Fsp3) is 0.222. The van der Waals surface area contributed by atoms with Crippen molar-refractivity contribution >= 4 is 13.3 Å². The maximum Gasteiger partial charge on any atom is 0.0799 e. The van der Waals surface area contributed by atoms with Crippen LogP contribution in [-0.2, 0) is 20.1 Å². The van der Waals surface area contributed by atoms with E-state index in [-0.39, 0.29) is 20.1 Å². The van der Waals surface area contributed by atoms with Gasteiger partial charge in [-0.3, -0.25) is 0 Å². The molecule has 2 aromatic heterocycles. The van der Waals surface area contributed by atoms with E-state index in [1.165, 1.54) is 31.2 Å². The number of hydrogen-bond donors (Lipinski definition) is 0. The van der Waals surface area contributed by atoms with Gasteiger partial charge in [-0.15, -0.1) is 71.8 Å². The summed E-state index contributed by atoms with van der Waals surface area (Å²) in [6.07, 6.45) is 9.52. The number of benzene rings is 3. The summed E-state index contributed by atoms with van der Waals surface area (Å²) in [6, 6.07) is 39.3. The van der Waals surface area contributed by atoms with Gasteiger partial charge in [0.1, 0.15) is 0 Å². The van der Waals surface area contributed by atoms with Gasteiger partial charge in [-0.2, -0.15) is 0 Å². The van der Waals surface area contributed by atoms with E-state index in [1.54, 1.807) is 10.8 Å². The first-order valence-electron chi connectivity index (χ1n) is 13.9. The van der Waals surface area contributed by atoms with Crippen LogP contribution in [0.3, 0.4) is 0 Å². The quantitative estimate of drug-likeness (QED) is 0.134. The average molecular weight is 717 g/mol. The molecule has 0 amide bonds. The molecule has 1 aliphatic carbocycles. The van der Waals surface area contributed by atoms with Gasteiger partial charge in [0.05, 0.1) is 8.07 Å². The summed E-state index contributed by atoms with van der Waals surface area (Å²) in [5.74, 6) is 0.747. The van der Waals surface area contributed by atoms with Crippen molar-refractivity contribution in [3.05, 3.63) is 127 Å². The van der Waals surface area contributed by atoms with E-state index in [0.29, 0.717) is 0 Å². The predicted molar refractivity (Wildman–Crippen MR) is 167 cm³/mol. The van der Waals surface area contributed by atoms with Crippen molar-refractivity contribution in [3.63, 3.8) is 0 Å². The minimum absolute atomic E-state index is 0. The van der Waals surface area contributed by atoms with Crippen molar-refractivity contribution < 1.29 is 20.1 Å². The van der Waals surface area contributed by atoms with Gasteiger partial charge in [0, 0.05) is 32.5 Å². The van der Waals surface area contributed by atoms with Crippen LogP contribution in [-0.4, -0.2) is 18.0 Å². The van der Waals surface area contributed by atoms with E-state index < -0.39 is 8.07 Å². The van der Waals surface area contributed by atoms with Crippen molar-refractivity contribution in [2.75, 3.05) is 0 Å². The molecule has 1 fully saturated rings. The zero-order valence-electron chi connectivity index (χ0n) is 23.5. The normalized spacial score (nSPS) is 13.2. The van der Waals surface area contributed by atoms with E-state index in [9.17, 15) is 0 Å². The van der Waals surface area contributed by atoms with Crippen LogP contribution in [0.2, 0.25) is 19.6 Å². The Balaban J connectivity index is 0.000000182. The zero-order chi connectivity index (χ0) is 27.1. The molecule has 0 aliphatic heterocycles. The molecule has 3 aromatic carbocycles. The van der Waals surface area contributed by atoms with Gasteiger partial charge in [0.25, 0.3) is 0 Å². The molecule has 5 aromatic rings. The Morgan fingerprint density at radius 1 is 0.650 bits per heavy atom. The second-order valence-electron chi connectivity index (χ2n) is 11.2. The van der Waals surface area contributed by atoms with Crippen molar-refractivity contribution in [2.24, 2.45) is 0 Å². The van der Waals surface area contributed by atoms with Crippen LogP contribution in [0, 0.1) is 12.1 Å². The first-order valence-corrected chi connectivity index (χ1v) is 17.4. The third-order valence-electron chi connectivity index (χ3n) is 7.38. The Hall–Kier alpha value is -3.17. The van der Waals surface area contributed by atoms with Crippen molar-refractivity contribution in [1.29, 1.82) is 0 Å². The molecule has 1 saturated carbocycles. The summed E-state index contributed by atoms with van der Waals surface area (Å²) in [6.45, 7) is 7.28. The van der Waals surface area contributed by atoms with Crippen LogP contribution in [0.1, 0.15) is 37.2 Å². The van der Waals surface area contributed by atoms with E-state index in [2.05, 4.69) is 79.4 Å². The van der Waals surface area contributed by atoms with Crippen LogP contribution in [0.15, 0.2) is 109 Å². The van der Waals surface area contributed by atoms with Crippen LogP contribution in [0.5, 0.6) is 0 Å². The summed E-state index contributed by atoms with van der Waals surface area (Å²) in [5, 5.41) is 1.55. The van der Waals surface area contributed by atoms with E-state index >= 15 is 0 Å². The monoisotopic (exact) mass is 717 g/mol. The summed E-state index contributed by atoms with van der Waals surface area (Å²) in [5.41, 5.74) is 8.07. The van der Waals surface area contributed by atoms with E-state index in [0.717, 1.165) is 34.0 Å². The SMILES string of the molecule is C[Si](C)(C)c1cnc(-c2[c-]cccc2)cc1C1CCCC1.[Ir].[c-]1ccccc1-c1ccc(-c2ccccc2)cn1. The second-order valence-corrected chi connectivity index (χ2v) is 16.3. The molecule has 1 aliphatic rings. The number of nitrogens with zero attached hydrogens (tertiary/aromatic N) is 2. The minimum atomic E-state index is -1.34. The van der Waals surface area contributed by atoms with Gasteiger partial charge in [-0.05, 0) is 46.5 Å². The van der Waals surface area contributed by atoms with Crippen molar-refractivity contribution in [3.8, 4) is 33.6 Å². The maximum absolute atomic E-state index is 4.75. The number of rotatable bonds is 5. The molecule has 0 spiro atoms. The average Bonchev–Trinajstić information content (AvgIpc) is 3.54. The molecule has 2 nitrogen and oxygen atoms in total. The largest absolute Gasteiger partial charge is 0.305 e. The van der Waals surface area contributed by atoms with E-state index in [1.807, 2.05) is 66.9 Å². The van der Waals surface area contributed by atoms with Crippen molar-refractivity contribution in [1.82, 2.24) is 9.97 Å².